The van der Waals surface area contributed by atoms with E-state index in [1.807, 2.05) is 0 Å². The third kappa shape index (κ3) is 4.73. The van der Waals surface area contributed by atoms with Crippen LogP contribution in [0.1, 0.15) is 19.3 Å². The first kappa shape index (κ1) is 18.5. The minimum atomic E-state index is -3.29. The number of rotatable bonds is 4. The van der Waals surface area contributed by atoms with E-state index in [2.05, 4.69) is 10.6 Å². The van der Waals surface area contributed by atoms with Crippen LogP contribution in [0.3, 0.4) is 0 Å². The van der Waals surface area contributed by atoms with Gasteiger partial charge in [0, 0.05) is 25.6 Å². The van der Waals surface area contributed by atoms with Crippen LogP contribution in [0.2, 0.25) is 0 Å². The molecule has 0 aromatic heterocycles. The Morgan fingerprint density at radius 1 is 1.48 bits per heavy atom. The zero-order valence-corrected chi connectivity index (χ0v) is 13.3. The molecule has 2 saturated heterocycles. The summed E-state index contributed by atoms with van der Waals surface area (Å²) in [5.74, 6) is -3.35. The maximum absolute atomic E-state index is 13.0. The molecule has 2 N–H and O–H groups in total. The lowest BCUT2D eigenvalue weighted by atomic mass is 10.1. The van der Waals surface area contributed by atoms with E-state index < -0.39 is 40.9 Å². The average Bonchev–Trinajstić information content (AvgIpc) is 2.91. The van der Waals surface area contributed by atoms with Gasteiger partial charge in [-0.15, -0.1) is 12.4 Å². The minimum Gasteiger partial charge on any atom is -0.353 e. The molecule has 2 rings (SSSR count). The van der Waals surface area contributed by atoms with E-state index >= 15 is 0 Å². The molecule has 2 atom stereocenters. The molecule has 0 saturated carbocycles. The van der Waals surface area contributed by atoms with Crippen molar-refractivity contribution in [1.29, 1.82) is 0 Å². The summed E-state index contributed by atoms with van der Waals surface area (Å²) in [4.78, 5) is 11.8. The Bertz CT molecular complexity index is 489. The van der Waals surface area contributed by atoms with Crippen LogP contribution < -0.4 is 10.6 Å². The molecule has 0 spiro atoms. The van der Waals surface area contributed by atoms with E-state index in [0.717, 1.165) is 12.7 Å². The summed E-state index contributed by atoms with van der Waals surface area (Å²) >= 11 is 0. The van der Waals surface area contributed by atoms with Gasteiger partial charge in [0.2, 0.25) is 15.9 Å². The number of alkyl halides is 2. The van der Waals surface area contributed by atoms with Crippen molar-refractivity contribution in [3.8, 4) is 0 Å². The monoisotopic (exact) mass is 347 g/mol. The van der Waals surface area contributed by atoms with Crippen molar-refractivity contribution in [2.24, 2.45) is 0 Å². The number of halogens is 3. The Morgan fingerprint density at radius 2 is 2.14 bits per heavy atom. The maximum atomic E-state index is 13.0. The molecule has 1 amide bonds. The number of hydrogen-bond acceptors (Lipinski definition) is 4. The maximum Gasteiger partial charge on any atom is 0.262 e. The van der Waals surface area contributed by atoms with Crippen molar-refractivity contribution in [1.82, 2.24) is 14.9 Å². The van der Waals surface area contributed by atoms with Gasteiger partial charge in [-0.3, -0.25) is 10.1 Å². The van der Waals surface area contributed by atoms with Crippen LogP contribution in [0.25, 0.3) is 0 Å². The molecule has 0 aromatic rings. The van der Waals surface area contributed by atoms with Crippen molar-refractivity contribution in [3.63, 3.8) is 0 Å². The van der Waals surface area contributed by atoms with Gasteiger partial charge in [-0.05, 0) is 12.8 Å². The second-order valence-electron chi connectivity index (χ2n) is 5.41. The fourth-order valence-corrected chi connectivity index (χ4v) is 3.87. The van der Waals surface area contributed by atoms with Gasteiger partial charge in [0.25, 0.3) is 5.92 Å². The highest BCUT2D eigenvalue weighted by atomic mass is 35.5. The van der Waals surface area contributed by atoms with Gasteiger partial charge in [0.05, 0.1) is 18.8 Å². The molecule has 2 heterocycles. The Balaban J connectivity index is 0.00000220. The lowest BCUT2D eigenvalue weighted by Crippen LogP contribution is -2.47. The first-order valence-electron chi connectivity index (χ1n) is 6.55. The number of amides is 1. The highest BCUT2D eigenvalue weighted by molar-refractivity contribution is 7.88. The largest absolute Gasteiger partial charge is 0.353 e. The Morgan fingerprint density at radius 3 is 2.67 bits per heavy atom. The van der Waals surface area contributed by atoms with Crippen LogP contribution in [0, 0.1) is 0 Å². The zero-order chi connectivity index (χ0) is 15.0. The molecule has 2 fully saturated rings. The van der Waals surface area contributed by atoms with Crippen molar-refractivity contribution in [2.45, 2.75) is 37.3 Å². The molecule has 0 aromatic carbocycles. The smallest absolute Gasteiger partial charge is 0.262 e. The predicted octanol–water partition coefficient (Wildman–Crippen LogP) is -0.0544. The number of sulfonamides is 1. The number of nitrogens with zero attached hydrogens (tertiary/aromatic N) is 1. The summed E-state index contributed by atoms with van der Waals surface area (Å²) < 4.78 is 50.4. The van der Waals surface area contributed by atoms with Crippen molar-refractivity contribution in [2.75, 3.05) is 25.9 Å². The fourth-order valence-electron chi connectivity index (χ4n) is 2.69. The van der Waals surface area contributed by atoms with Crippen LogP contribution in [-0.4, -0.2) is 62.5 Å². The summed E-state index contributed by atoms with van der Waals surface area (Å²) in [6.45, 7) is 0.110. The molecular formula is C11H20ClF2N3O3S. The van der Waals surface area contributed by atoms with Crippen LogP contribution in [0.15, 0.2) is 0 Å². The molecule has 1 unspecified atom stereocenters. The molecule has 21 heavy (non-hydrogen) atoms. The van der Waals surface area contributed by atoms with Gasteiger partial charge < -0.3 is 5.32 Å². The lowest BCUT2D eigenvalue weighted by molar-refractivity contribution is -0.123. The van der Waals surface area contributed by atoms with Gasteiger partial charge in [-0.2, -0.15) is 4.31 Å². The Labute approximate surface area is 129 Å². The average molecular weight is 348 g/mol. The predicted molar refractivity (Wildman–Crippen MR) is 76.2 cm³/mol. The third-order valence-corrected chi connectivity index (χ3v) is 5.02. The number of carbonyl (C=O) groups excluding carboxylic acids is 1. The van der Waals surface area contributed by atoms with Gasteiger partial charge >= 0.3 is 0 Å². The topological polar surface area (TPSA) is 78.5 Å². The molecule has 10 heteroatoms. The number of carbonyl (C=O) groups is 1. The fraction of sp³-hybridized carbons (Fsp3) is 0.909. The molecular weight excluding hydrogens is 328 g/mol. The first-order chi connectivity index (χ1) is 9.19. The standard InChI is InChI=1S/C11H19F2N3O3S.ClH/c1-20(18,19)16-4-2-3-8(16)6-14-10(17)9-5-11(12,13)7-15-9;/h8-9,15H,2-7H2,1H3,(H,14,17);1H/t8-,9?;/m1./s1. The van der Waals surface area contributed by atoms with Crippen molar-refractivity contribution < 1.29 is 22.0 Å². The number of hydrogen-bond donors (Lipinski definition) is 2. The highest BCUT2D eigenvalue weighted by Crippen LogP contribution is 2.25. The lowest BCUT2D eigenvalue weighted by Gasteiger charge is -2.23. The summed E-state index contributed by atoms with van der Waals surface area (Å²) in [6.07, 6.45) is 2.03. The van der Waals surface area contributed by atoms with E-state index in [-0.39, 0.29) is 25.0 Å². The van der Waals surface area contributed by atoms with E-state index in [1.54, 1.807) is 0 Å². The second-order valence-corrected chi connectivity index (χ2v) is 7.34. The molecule has 2 aliphatic heterocycles. The number of nitrogens with one attached hydrogen (secondary N) is 2. The summed E-state index contributed by atoms with van der Waals surface area (Å²) in [5.41, 5.74) is 0. The summed E-state index contributed by atoms with van der Waals surface area (Å²) in [5, 5.41) is 5.04. The molecule has 0 aliphatic carbocycles. The van der Waals surface area contributed by atoms with E-state index in [4.69, 9.17) is 0 Å². The molecule has 124 valence electrons. The quantitative estimate of drug-likeness (QED) is 0.747. The molecule has 6 nitrogen and oxygen atoms in total. The Kier molecular flexibility index (Phi) is 5.93. The van der Waals surface area contributed by atoms with E-state index in [9.17, 15) is 22.0 Å². The summed E-state index contributed by atoms with van der Waals surface area (Å²) in [6, 6.07) is -1.19. The molecule has 0 radical (unpaired) electrons. The van der Waals surface area contributed by atoms with E-state index in [1.165, 1.54) is 4.31 Å². The highest BCUT2D eigenvalue weighted by Gasteiger charge is 2.42. The zero-order valence-electron chi connectivity index (χ0n) is 11.6. The minimum absolute atomic E-state index is 0. The van der Waals surface area contributed by atoms with Crippen LogP contribution >= 0.6 is 12.4 Å². The Hall–Kier alpha value is -0.510. The third-order valence-electron chi connectivity index (χ3n) is 3.69. The van der Waals surface area contributed by atoms with Crippen molar-refractivity contribution >= 4 is 28.3 Å². The van der Waals surface area contributed by atoms with Gasteiger partial charge in [-0.1, -0.05) is 0 Å². The van der Waals surface area contributed by atoms with Crippen LogP contribution in [0.5, 0.6) is 0 Å². The van der Waals surface area contributed by atoms with Crippen molar-refractivity contribution in [3.05, 3.63) is 0 Å². The first-order valence-corrected chi connectivity index (χ1v) is 8.40. The normalized spacial score (nSPS) is 29.1. The van der Waals surface area contributed by atoms with Gasteiger partial charge in [-0.25, -0.2) is 17.2 Å². The van der Waals surface area contributed by atoms with Crippen LogP contribution in [0.4, 0.5) is 8.78 Å². The molecule has 0 bridgehead atoms. The van der Waals surface area contributed by atoms with E-state index in [0.29, 0.717) is 13.0 Å². The van der Waals surface area contributed by atoms with Crippen LogP contribution in [-0.2, 0) is 14.8 Å². The molecule has 2 aliphatic rings. The summed E-state index contributed by atoms with van der Waals surface area (Å²) in [7, 11) is -3.29. The van der Waals surface area contributed by atoms with Gasteiger partial charge in [0.15, 0.2) is 0 Å². The van der Waals surface area contributed by atoms with Gasteiger partial charge in [0.1, 0.15) is 0 Å². The SMILES string of the molecule is CS(=O)(=O)N1CCC[C@@H]1CNC(=O)C1CC(F)(F)CN1.Cl. The second kappa shape index (κ2) is 6.72.